The van der Waals surface area contributed by atoms with E-state index in [-0.39, 0.29) is 5.91 Å². The molecule has 94 valence electrons. The molecule has 18 heavy (non-hydrogen) atoms. The van der Waals surface area contributed by atoms with Gasteiger partial charge in [-0.05, 0) is 30.7 Å². The molecule has 2 aromatic rings. The monoisotopic (exact) mass is 243 g/mol. The van der Waals surface area contributed by atoms with E-state index in [0.29, 0.717) is 0 Å². The highest BCUT2D eigenvalue weighted by atomic mass is 16.1. The zero-order valence-electron chi connectivity index (χ0n) is 10.7. The zero-order valence-corrected chi connectivity index (χ0v) is 10.7. The third-order valence-electron chi connectivity index (χ3n) is 2.66. The van der Waals surface area contributed by atoms with Crippen molar-refractivity contribution >= 4 is 11.6 Å². The molecule has 1 aromatic heterocycles. The van der Waals surface area contributed by atoms with E-state index in [9.17, 15) is 4.79 Å². The molecular formula is C14H17N3O. The second-order valence-corrected chi connectivity index (χ2v) is 4.19. The first kappa shape index (κ1) is 12.4. The third-order valence-corrected chi connectivity index (χ3v) is 2.66. The summed E-state index contributed by atoms with van der Waals surface area (Å²) in [7, 11) is 0. The number of anilines is 1. The van der Waals surface area contributed by atoms with Gasteiger partial charge in [-0.3, -0.25) is 4.79 Å². The molecule has 0 aliphatic carbocycles. The van der Waals surface area contributed by atoms with E-state index >= 15 is 0 Å². The van der Waals surface area contributed by atoms with E-state index in [2.05, 4.69) is 21.8 Å². The average Bonchev–Trinajstić information content (AvgIpc) is 2.78. The van der Waals surface area contributed by atoms with Crippen LogP contribution in [0.5, 0.6) is 0 Å². The molecule has 4 nitrogen and oxygen atoms in total. The number of aryl methyl sites for hydroxylation is 1. The van der Waals surface area contributed by atoms with Crippen LogP contribution >= 0.6 is 0 Å². The van der Waals surface area contributed by atoms with Gasteiger partial charge >= 0.3 is 0 Å². The largest absolute Gasteiger partial charge is 0.326 e. The third kappa shape index (κ3) is 2.77. The van der Waals surface area contributed by atoms with Crippen molar-refractivity contribution in [2.75, 3.05) is 5.32 Å². The summed E-state index contributed by atoms with van der Waals surface area (Å²) in [4.78, 5) is 15.3. The molecule has 0 aliphatic rings. The lowest BCUT2D eigenvalue weighted by Crippen LogP contribution is -2.06. The summed E-state index contributed by atoms with van der Waals surface area (Å²) >= 11 is 0. The second-order valence-electron chi connectivity index (χ2n) is 4.19. The van der Waals surface area contributed by atoms with Crippen molar-refractivity contribution in [3.8, 4) is 5.69 Å². The predicted molar refractivity (Wildman–Crippen MR) is 71.9 cm³/mol. The maximum Gasteiger partial charge on any atom is 0.221 e. The Morgan fingerprint density at radius 2 is 2.06 bits per heavy atom. The second kappa shape index (κ2) is 5.49. The fourth-order valence-corrected chi connectivity index (χ4v) is 1.89. The van der Waals surface area contributed by atoms with Crippen LogP contribution in [0.15, 0.2) is 36.7 Å². The van der Waals surface area contributed by atoms with Gasteiger partial charge in [0, 0.05) is 37.1 Å². The Morgan fingerprint density at radius 3 is 2.67 bits per heavy atom. The van der Waals surface area contributed by atoms with Crippen LogP contribution in [-0.4, -0.2) is 15.5 Å². The van der Waals surface area contributed by atoms with Gasteiger partial charge in [-0.15, -0.1) is 0 Å². The number of nitrogens with zero attached hydrogens (tertiary/aromatic N) is 2. The number of imidazole rings is 1. The maximum absolute atomic E-state index is 10.9. The number of hydrogen-bond acceptors (Lipinski definition) is 2. The molecule has 0 atom stereocenters. The molecule has 4 heteroatoms. The molecule has 0 unspecified atom stereocenters. The highest BCUT2D eigenvalue weighted by molar-refractivity contribution is 5.88. The highest BCUT2D eigenvalue weighted by Gasteiger charge is 2.04. The number of carbonyl (C=O) groups is 1. The van der Waals surface area contributed by atoms with E-state index in [1.807, 2.05) is 36.7 Å². The van der Waals surface area contributed by atoms with Crippen molar-refractivity contribution in [3.05, 3.63) is 42.5 Å². The molecule has 0 saturated heterocycles. The molecule has 0 saturated carbocycles. The quantitative estimate of drug-likeness (QED) is 0.897. The van der Waals surface area contributed by atoms with Gasteiger partial charge in [0.05, 0.1) is 0 Å². The number of rotatable bonds is 4. The number of amides is 1. The van der Waals surface area contributed by atoms with Gasteiger partial charge in [-0.1, -0.05) is 6.92 Å². The maximum atomic E-state index is 10.9. The van der Waals surface area contributed by atoms with Gasteiger partial charge in [0.2, 0.25) is 5.91 Å². The van der Waals surface area contributed by atoms with Gasteiger partial charge in [0.15, 0.2) is 0 Å². The number of hydrogen-bond donors (Lipinski definition) is 1. The fraction of sp³-hybridized carbons (Fsp3) is 0.286. The highest BCUT2D eigenvalue weighted by Crippen LogP contribution is 2.15. The molecule has 1 N–H and O–H groups in total. The Kier molecular flexibility index (Phi) is 3.77. The Hall–Kier alpha value is -2.10. The Balaban J connectivity index is 2.23. The molecule has 0 spiro atoms. The Labute approximate surface area is 107 Å². The van der Waals surface area contributed by atoms with Crippen LogP contribution in [0.1, 0.15) is 26.1 Å². The summed E-state index contributed by atoms with van der Waals surface area (Å²) in [6, 6.07) is 7.75. The lowest BCUT2D eigenvalue weighted by Gasteiger charge is -2.08. The molecule has 0 aliphatic heterocycles. The molecule has 0 fully saturated rings. The van der Waals surface area contributed by atoms with Crippen LogP contribution in [0, 0.1) is 0 Å². The van der Waals surface area contributed by atoms with Crippen LogP contribution in [0.2, 0.25) is 0 Å². The minimum Gasteiger partial charge on any atom is -0.326 e. The van der Waals surface area contributed by atoms with Crippen LogP contribution in [0.3, 0.4) is 0 Å². The molecule has 0 radical (unpaired) electrons. The van der Waals surface area contributed by atoms with Gasteiger partial charge in [0.1, 0.15) is 5.82 Å². The number of nitrogens with one attached hydrogen (secondary N) is 1. The molecular weight excluding hydrogens is 226 g/mol. The number of aromatic nitrogens is 2. The first-order valence-corrected chi connectivity index (χ1v) is 6.11. The van der Waals surface area contributed by atoms with Crippen molar-refractivity contribution in [1.82, 2.24) is 9.55 Å². The van der Waals surface area contributed by atoms with E-state index < -0.39 is 0 Å². The topological polar surface area (TPSA) is 46.9 Å². The van der Waals surface area contributed by atoms with Crippen LogP contribution in [-0.2, 0) is 11.2 Å². The zero-order chi connectivity index (χ0) is 13.0. The first-order valence-electron chi connectivity index (χ1n) is 6.11. The molecule has 1 amide bonds. The first-order chi connectivity index (χ1) is 8.70. The summed E-state index contributed by atoms with van der Waals surface area (Å²) in [5.41, 5.74) is 1.87. The van der Waals surface area contributed by atoms with E-state index in [0.717, 1.165) is 30.0 Å². The molecule has 1 heterocycles. The van der Waals surface area contributed by atoms with Gasteiger partial charge in [-0.2, -0.15) is 0 Å². The van der Waals surface area contributed by atoms with Crippen molar-refractivity contribution < 1.29 is 4.79 Å². The molecule has 0 bridgehead atoms. The summed E-state index contributed by atoms with van der Waals surface area (Å²) < 4.78 is 2.07. The lowest BCUT2D eigenvalue weighted by atomic mass is 10.2. The minimum absolute atomic E-state index is 0.0583. The summed E-state index contributed by atoms with van der Waals surface area (Å²) in [5.74, 6) is 1.00. The standard InChI is InChI=1S/C14H17N3O/c1-3-4-14-15-9-10-17(14)13-7-5-12(6-8-13)16-11(2)18/h5-10H,3-4H2,1-2H3,(H,16,18). The smallest absolute Gasteiger partial charge is 0.221 e. The Morgan fingerprint density at radius 1 is 1.33 bits per heavy atom. The van der Waals surface area contributed by atoms with E-state index in [1.54, 1.807) is 0 Å². The van der Waals surface area contributed by atoms with Crippen molar-refractivity contribution in [2.45, 2.75) is 26.7 Å². The fourth-order valence-electron chi connectivity index (χ4n) is 1.89. The molecule has 2 rings (SSSR count). The van der Waals surface area contributed by atoms with Crippen molar-refractivity contribution in [2.24, 2.45) is 0 Å². The predicted octanol–water partition coefficient (Wildman–Crippen LogP) is 2.78. The average molecular weight is 243 g/mol. The van der Waals surface area contributed by atoms with E-state index in [4.69, 9.17) is 0 Å². The van der Waals surface area contributed by atoms with Crippen molar-refractivity contribution in [1.29, 1.82) is 0 Å². The van der Waals surface area contributed by atoms with Gasteiger partial charge in [-0.25, -0.2) is 4.98 Å². The van der Waals surface area contributed by atoms with Gasteiger partial charge < -0.3 is 9.88 Å². The van der Waals surface area contributed by atoms with Crippen LogP contribution in [0.4, 0.5) is 5.69 Å². The van der Waals surface area contributed by atoms with Crippen LogP contribution in [0.25, 0.3) is 5.69 Å². The van der Waals surface area contributed by atoms with Crippen LogP contribution < -0.4 is 5.32 Å². The summed E-state index contributed by atoms with van der Waals surface area (Å²) in [6.45, 7) is 3.64. The summed E-state index contributed by atoms with van der Waals surface area (Å²) in [6.07, 6.45) is 5.80. The SMILES string of the molecule is CCCc1nccn1-c1ccc(NC(C)=O)cc1. The van der Waals surface area contributed by atoms with E-state index in [1.165, 1.54) is 6.92 Å². The summed E-state index contributed by atoms with van der Waals surface area (Å²) in [5, 5.41) is 2.75. The Bertz CT molecular complexity index is 528. The minimum atomic E-state index is -0.0583. The number of carbonyl (C=O) groups excluding carboxylic acids is 1. The molecule has 1 aromatic carbocycles. The lowest BCUT2D eigenvalue weighted by molar-refractivity contribution is -0.114. The number of benzene rings is 1. The van der Waals surface area contributed by atoms with Gasteiger partial charge in [0.25, 0.3) is 0 Å². The normalized spacial score (nSPS) is 10.3. The van der Waals surface area contributed by atoms with Crippen molar-refractivity contribution in [3.63, 3.8) is 0 Å².